The fourth-order valence-corrected chi connectivity index (χ4v) is 3.50. The van der Waals surface area contributed by atoms with E-state index >= 15 is 0 Å². The van der Waals surface area contributed by atoms with Crippen LogP contribution < -0.4 is 11.1 Å². The molecule has 1 heterocycles. The van der Waals surface area contributed by atoms with Gasteiger partial charge in [-0.25, -0.2) is 4.99 Å². The molecule has 6 nitrogen and oxygen atoms in total. The maximum atomic E-state index is 12.2. The first-order valence-corrected chi connectivity index (χ1v) is 10.6. The van der Waals surface area contributed by atoms with Crippen LogP contribution in [0.15, 0.2) is 77.8 Å². The lowest BCUT2D eigenvalue weighted by molar-refractivity contribution is -0.119. The topological polar surface area (TPSA) is 103 Å². The predicted molar refractivity (Wildman–Crippen MR) is 131 cm³/mol. The Morgan fingerprint density at radius 1 is 1.09 bits per heavy atom. The van der Waals surface area contributed by atoms with E-state index in [4.69, 9.17) is 10.7 Å². The smallest absolute Gasteiger partial charge is 0.227 e. The van der Waals surface area contributed by atoms with Crippen LogP contribution in [0.4, 0.5) is 17.1 Å². The normalized spacial score (nSPS) is 12.6. The number of anilines is 2. The van der Waals surface area contributed by atoms with Crippen LogP contribution in [0.1, 0.15) is 31.4 Å². The molecule has 0 saturated heterocycles. The Hall–Kier alpha value is -4.06. The van der Waals surface area contributed by atoms with E-state index in [0.717, 1.165) is 28.6 Å². The van der Waals surface area contributed by atoms with Crippen LogP contribution in [0, 0.1) is 5.92 Å². The highest BCUT2D eigenvalue weighted by Crippen LogP contribution is 2.32. The van der Waals surface area contributed by atoms with Gasteiger partial charge in [-0.15, -0.1) is 0 Å². The highest BCUT2D eigenvalue weighted by atomic mass is 16.3. The van der Waals surface area contributed by atoms with Gasteiger partial charge in [-0.05, 0) is 48.9 Å². The Balaban J connectivity index is 1.77. The average molecular weight is 427 g/mol. The van der Waals surface area contributed by atoms with Crippen molar-refractivity contribution in [1.82, 2.24) is 4.98 Å². The molecule has 0 spiro atoms. The molecule has 162 valence electrons. The number of hydrogen-bond donors (Lipinski definition) is 4. The highest BCUT2D eigenvalue weighted by molar-refractivity contribution is 6.22. The number of benzene rings is 3. The van der Waals surface area contributed by atoms with Crippen LogP contribution in [0.3, 0.4) is 0 Å². The van der Waals surface area contributed by atoms with Gasteiger partial charge >= 0.3 is 0 Å². The number of H-pyrrole nitrogens is 1. The van der Waals surface area contributed by atoms with E-state index in [9.17, 15) is 9.90 Å². The third-order valence-electron chi connectivity index (χ3n) is 5.52. The molecule has 4 aromatic rings. The zero-order valence-electron chi connectivity index (χ0n) is 18.1. The van der Waals surface area contributed by atoms with Crippen LogP contribution in [0.5, 0.6) is 5.88 Å². The maximum Gasteiger partial charge on any atom is 0.227 e. The zero-order valence-corrected chi connectivity index (χ0v) is 18.1. The lowest BCUT2D eigenvalue weighted by Gasteiger charge is -2.11. The van der Waals surface area contributed by atoms with Crippen molar-refractivity contribution in [2.45, 2.75) is 20.3 Å². The molecule has 1 amide bonds. The third kappa shape index (κ3) is 4.34. The number of carbonyl (C=O) groups is 1. The first-order chi connectivity index (χ1) is 15.5. The molecular weight excluding hydrogens is 400 g/mol. The number of aromatic amines is 1. The number of fused-ring (bicyclic) bond motifs is 1. The maximum absolute atomic E-state index is 12.2. The van der Waals surface area contributed by atoms with Gasteiger partial charge in [0.1, 0.15) is 0 Å². The number of hydrogen-bond acceptors (Lipinski definition) is 4. The van der Waals surface area contributed by atoms with Gasteiger partial charge in [0.15, 0.2) is 5.88 Å². The molecule has 0 aliphatic rings. The third-order valence-corrected chi connectivity index (χ3v) is 5.52. The second kappa shape index (κ2) is 8.98. The van der Waals surface area contributed by atoms with Crippen molar-refractivity contribution < 1.29 is 9.90 Å². The molecule has 0 radical (unpaired) electrons. The molecule has 0 aliphatic carbocycles. The molecule has 5 N–H and O–H groups in total. The lowest BCUT2D eigenvalue weighted by atomic mass is 10.0. The molecular formula is C26H26N4O2. The van der Waals surface area contributed by atoms with E-state index < -0.39 is 0 Å². The number of nitrogen functional groups attached to an aromatic ring is 1. The summed E-state index contributed by atoms with van der Waals surface area (Å²) in [4.78, 5) is 20.0. The van der Waals surface area contributed by atoms with Crippen molar-refractivity contribution in [3.05, 3.63) is 83.9 Å². The number of carbonyl (C=O) groups excluding carboxylic acids is 1. The summed E-state index contributed by atoms with van der Waals surface area (Å²) in [6.07, 6.45) is 0.785. The number of rotatable bonds is 6. The fraction of sp³-hybridized carbons (Fsp3) is 0.154. The van der Waals surface area contributed by atoms with Gasteiger partial charge in [-0.1, -0.05) is 44.2 Å². The molecule has 0 saturated carbocycles. The summed E-state index contributed by atoms with van der Waals surface area (Å²) in [6, 6.07) is 22.5. The minimum Gasteiger partial charge on any atom is -0.494 e. The van der Waals surface area contributed by atoms with Gasteiger partial charge in [0, 0.05) is 33.8 Å². The summed E-state index contributed by atoms with van der Waals surface area (Å²) < 4.78 is 0. The van der Waals surface area contributed by atoms with Crippen molar-refractivity contribution in [3.63, 3.8) is 0 Å². The Kier molecular flexibility index (Phi) is 5.94. The van der Waals surface area contributed by atoms with E-state index in [1.807, 2.05) is 80.6 Å². The summed E-state index contributed by atoms with van der Waals surface area (Å²) in [5.74, 6) is -0.0182. The number of nitrogens with one attached hydrogen (secondary N) is 2. The molecule has 1 aromatic heterocycles. The van der Waals surface area contributed by atoms with E-state index in [1.54, 1.807) is 6.07 Å². The first-order valence-electron chi connectivity index (χ1n) is 10.6. The summed E-state index contributed by atoms with van der Waals surface area (Å²) >= 11 is 0. The van der Waals surface area contributed by atoms with Crippen molar-refractivity contribution in [3.8, 4) is 5.88 Å². The highest BCUT2D eigenvalue weighted by Gasteiger charge is 2.19. The summed E-state index contributed by atoms with van der Waals surface area (Å²) in [5.41, 5.74) is 10.9. The van der Waals surface area contributed by atoms with Crippen LogP contribution in [-0.4, -0.2) is 21.7 Å². The van der Waals surface area contributed by atoms with Crippen molar-refractivity contribution in [2.75, 3.05) is 11.1 Å². The van der Waals surface area contributed by atoms with E-state index in [1.165, 1.54) is 0 Å². The van der Waals surface area contributed by atoms with Crippen molar-refractivity contribution in [2.24, 2.45) is 10.9 Å². The Morgan fingerprint density at radius 2 is 1.81 bits per heavy atom. The largest absolute Gasteiger partial charge is 0.494 e. The second-order valence-electron chi connectivity index (χ2n) is 7.83. The second-order valence-corrected chi connectivity index (χ2v) is 7.83. The van der Waals surface area contributed by atoms with Crippen LogP contribution >= 0.6 is 0 Å². The Bertz CT molecular complexity index is 1270. The van der Waals surface area contributed by atoms with Gasteiger partial charge in [-0.3, -0.25) is 4.79 Å². The summed E-state index contributed by atoms with van der Waals surface area (Å²) in [6.45, 7) is 3.89. The minimum absolute atomic E-state index is 0.00460. The Morgan fingerprint density at radius 3 is 2.50 bits per heavy atom. The molecule has 0 fully saturated rings. The van der Waals surface area contributed by atoms with Gasteiger partial charge in [-0.2, -0.15) is 0 Å². The summed E-state index contributed by atoms with van der Waals surface area (Å²) in [5, 5.41) is 14.4. The quantitative estimate of drug-likeness (QED) is 0.238. The van der Waals surface area contributed by atoms with Gasteiger partial charge in [0.25, 0.3) is 0 Å². The predicted octanol–water partition coefficient (Wildman–Crippen LogP) is 5.61. The number of amides is 1. The number of aromatic hydroxyl groups is 1. The molecule has 1 atom stereocenters. The molecule has 3 aromatic carbocycles. The minimum atomic E-state index is -0.0466. The number of nitrogens with zero attached hydrogens (tertiary/aromatic N) is 1. The molecule has 6 heteroatoms. The number of aromatic nitrogens is 1. The van der Waals surface area contributed by atoms with E-state index in [2.05, 4.69) is 10.3 Å². The zero-order chi connectivity index (χ0) is 22.7. The van der Waals surface area contributed by atoms with Crippen LogP contribution in [0.2, 0.25) is 0 Å². The standard InChI is InChI=1S/C26H26N4O2/c1-3-16(2)25(31)29-20-12-10-19(11-13-20)28-24(17-7-5-4-6-8-17)23-21-15-18(27)9-14-22(21)30-26(23)32/h4-16,30,32H,3,27H2,1-2H3,(H,29,31). The summed E-state index contributed by atoms with van der Waals surface area (Å²) in [7, 11) is 0. The fourth-order valence-electron chi connectivity index (χ4n) is 3.50. The van der Waals surface area contributed by atoms with E-state index in [0.29, 0.717) is 22.6 Å². The van der Waals surface area contributed by atoms with Crippen LogP contribution in [0.25, 0.3) is 10.9 Å². The van der Waals surface area contributed by atoms with Gasteiger partial charge in [0.05, 0.1) is 17.0 Å². The van der Waals surface area contributed by atoms with Crippen molar-refractivity contribution in [1.29, 1.82) is 0 Å². The number of nitrogens with two attached hydrogens (primary N) is 1. The molecule has 32 heavy (non-hydrogen) atoms. The Labute approximate surface area is 186 Å². The van der Waals surface area contributed by atoms with Gasteiger partial charge < -0.3 is 21.1 Å². The monoisotopic (exact) mass is 426 g/mol. The molecule has 1 unspecified atom stereocenters. The lowest BCUT2D eigenvalue weighted by Crippen LogP contribution is -2.19. The van der Waals surface area contributed by atoms with Gasteiger partial charge in [0.2, 0.25) is 5.91 Å². The van der Waals surface area contributed by atoms with Crippen molar-refractivity contribution >= 4 is 39.6 Å². The number of aliphatic imine (C=N–C) groups is 1. The molecule has 0 aliphatic heterocycles. The van der Waals surface area contributed by atoms with E-state index in [-0.39, 0.29) is 17.7 Å². The SMILES string of the molecule is CCC(C)C(=O)Nc1ccc(N=C(c2ccccc2)c2c(O)[nH]c3ccc(N)cc23)cc1. The molecule has 4 rings (SSSR count). The molecule has 0 bridgehead atoms. The average Bonchev–Trinajstić information content (AvgIpc) is 3.13. The van der Waals surface area contributed by atoms with Crippen LogP contribution in [-0.2, 0) is 4.79 Å². The first kappa shape index (κ1) is 21.2.